The van der Waals surface area contributed by atoms with Gasteiger partial charge in [0.25, 0.3) is 5.69 Å². The molecule has 1 aromatic carbocycles. The Morgan fingerprint density at radius 3 is 2.40 bits per heavy atom. The van der Waals surface area contributed by atoms with E-state index >= 15 is 0 Å². The molecule has 1 aliphatic heterocycles. The van der Waals surface area contributed by atoms with Gasteiger partial charge < -0.3 is 14.6 Å². The molecule has 0 saturated carbocycles. The molecule has 1 heterocycles. The zero-order chi connectivity index (χ0) is 18.0. The maximum absolute atomic E-state index is 11.9. The van der Waals surface area contributed by atoms with E-state index in [9.17, 15) is 20.3 Å². The summed E-state index contributed by atoms with van der Waals surface area (Å²) >= 11 is 0. The van der Waals surface area contributed by atoms with Crippen molar-refractivity contribution in [3.8, 4) is 22.3 Å². The van der Waals surface area contributed by atoms with Gasteiger partial charge in [0.05, 0.1) is 23.0 Å². The molecule has 0 aromatic heterocycles. The van der Waals surface area contributed by atoms with Crippen LogP contribution < -0.4 is 0 Å². The van der Waals surface area contributed by atoms with Gasteiger partial charge in [-0.3, -0.25) is 10.1 Å². The first-order chi connectivity index (χ1) is 12.1. The Bertz CT molecular complexity index is 849. The van der Waals surface area contributed by atoms with E-state index in [4.69, 9.17) is 4.42 Å². The fraction of sp³-hybridized carbons (Fsp3) is 0.263. The van der Waals surface area contributed by atoms with E-state index in [-0.39, 0.29) is 25.3 Å². The van der Waals surface area contributed by atoms with E-state index in [0.29, 0.717) is 22.3 Å². The van der Waals surface area contributed by atoms with Crippen LogP contribution in [0.2, 0.25) is 0 Å². The Labute approximate surface area is 144 Å². The van der Waals surface area contributed by atoms with Crippen molar-refractivity contribution >= 4 is 5.69 Å². The standard InChI is InChI=1S/C19H19NO5/c1-12-2-4-14(5-3-12)18-17-11-25-7-6-15(17)16(19(18)20(23)24)8-13(9-21)10-22/h2-7,11,13,21-22H,8-10H2,1H3. The van der Waals surface area contributed by atoms with Gasteiger partial charge in [-0.25, -0.2) is 0 Å². The molecule has 2 aliphatic rings. The van der Waals surface area contributed by atoms with Gasteiger partial charge in [-0.15, -0.1) is 0 Å². The molecule has 0 amide bonds. The van der Waals surface area contributed by atoms with Crippen LogP contribution in [0.1, 0.15) is 11.1 Å². The van der Waals surface area contributed by atoms with Crippen molar-refractivity contribution in [2.45, 2.75) is 13.3 Å². The highest BCUT2D eigenvalue weighted by Crippen LogP contribution is 2.48. The summed E-state index contributed by atoms with van der Waals surface area (Å²) in [5.41, 5.74) is 4.19. The Hall–Kier alpha value is -2.70. The molecule has 6 nitrogen and oxygen atoms in total. The minimum Gasteiger partial charge on any atom is -0.472 e. The van der Waals surface area contributed by atoms with Crippen molar-refractivity contribution in [2.24, 2.45) is 5.92 Å². The van der Waals surface area contributed by atoms with E-state index in [1.165, 1.54) is 12.5 Å². The van der Waals surface area contributed by atoms with E-state index in [0.717, 1.165) is 11.1 Å². The molecule has 0 spiro atoms. The van der Waals surface area contributed by atoms with Crippen LogP contribution in [0.4, 0.5) is 5.69 Å². The van der Waals surface area contributed by atoms with Crippen LogP contribution in [0, 0.1) is 23.0 Å². The van der Waals surface area contributed by atoms with Gasteiger partial charge in [0.2, 0.25) is 0 Å². The molecule has 0 atom stereocenters. The zero-order valence-corrected chi connectivity index (χ0v) is 13.8. The molecule has 0 saturated heterocycles. The van der Waals surface area contributed by atoms with Crippen molar-refractivity contribution in [3.63, 3.8) is 0 Å². The molecule has 6 heteroatoms. The average Bonchev–Trinajstić information content (AvgIpc) is 2.95. The number of aryl methyl sites for hydroxylation is 1. The molecule has 25 heavy (non-hydrogen) atoms. The number of nitro groups is 1. The van der Waals surface area contributed by atoms with Crippen molar-refractivity contribution in [1.82, 2.24) is 0 Å². The Kier molecular flexibility index (Phi) is 4.83. The highest BCUT2D eigenvalue weighted by molar-refractivity contribution is 5.96. The van der Waals surface area contributed by atoms with Crippen LogP contribution in [-0.2, 0) is 6.42 Å². The second-order valence-electron chi connectivity index (χ2n) is 6.14. The highest BCUT2D eigenvalue weighted by Gasteiger charge is 2.33. The minimum absolute atomic E-state index is 0.00662. The number of fused-ring (bicyclic) bond motifs is 1. The zero-order valence-electron chi connectivity index (χ0n) is 13.8. The molecule has 1 aliphatic carbocycles. The summed E-state index contributed by atoms with van der Waals surface area (Å²) in [5, 5.41) is 30.7. The van der Waals surface area contributed by atoms with Gasteiger partial charge >= 0.3 is 0 Å². The lowest BCUT2D eigenvalue weighted by atomic mass is 9.98. The lowest BCUT2D eigenvalue weighted by Crippen LogP contribution is -2.14. The quantitative estimate of drug-likeness (QED) is 0.529. The smallest absolute Gasteiger partial charge is 0.281 e. The van der Waals surface area contributed by atoms with Crippen molar-refractivity contribution < 1.29 is 19.6 Å². The largest absolute Gasteiger partial charge is 0.472 e. The van der Waals surface area contributed by atoms with Crippen LogP contribution in [-0.4, -0.2) is 28.4 Å². The first-order valence-corrected chi connectivity index (χ1v) is 8.00. The molecular formula is C19H19NO5. The van der Waals surface area contributed by atoms with Gasteiger partial charge in [-0.2, -0.15) is 0 Å². The maximum atomic E-state index is 11.9. The first-order valence-electron chi connectivity index (χ1n) is 8.00. The number of aliphatic hydroxyl groups is 2. The molecule has 2 N–H and O–H groups in total. The van der Waals surface area contributed by atoms with E-state index < -0.39 is 10.8 Å². The summed E-state index contributed by atoms with van der Waals surface area (Å²) < 4.78 is 5.26. The van der Waals surface area contributed by atoms with Gasteiger partial charge in [0, 0.05) is 30.3 Å². The van der Waals surface area contributed by atoms with Crippen LogP contribution in [0.3, 0.4) is 0 Å². The van der Waals surface area contributed by atoms with Crippen molar-refractivity contribution in [2.75, 3.05) is 13.2 Å². The molecule has 0 radical (unpaired) electrons. The highest BCUT2D eigenvalue weighted by atomic mass is 16.6. The number of rotatable bonds is 6. The third-order valence-corrected chi connectivity index (χ3v) is 4.44. The Morgan fingerprint density at radius 1 is 1.12 bits per heavy atom. The summed E-state index contributed by atoms with van der Waals surface area (Å²) in [7, 11) is 0. The van der Waals surface area contributed by atoms with E-state index in [1.807, 2.05) is 31.2 Å². The molecule has 0 fully saturated rings. The maximum Gasteiger partial charge on any atom is 0.281 e. The average molecular weight is 341 g/mol. The second kappa shape index (κ2) is 7.04. The minimum atomic E-state index is -0.452. The van der Waals surface area contributed by atoms with Crippen LogP contribution in [0.25, 0.3) is 22.3 Å². The van der Waals surface area contributed by atoms with Gasteiger partial charge in [-0.05, 0) is 30.5 Å². The molecule has 0 unspecified atom stereocenters. The topological polar surface area (TPSA) is 96.7 Å². The monoisotopic (exact) mass is 341 g/mol. The van der Waals surface area contributed by atoms with Gasteiger partial charge in [0.15, 0.2) is 0 Å². The number of aliphatic hydroxyl groups excluding tert-OH is 2. The summed E-state index contributed by atoms with van der Waals surface area (Å²) in [5.74, 6) is -0.452. The fourth-order valence-corrected chi connectivity index (χ4v) is 3.13. The predicted molar refractivity (Wildman–Crippen MR) is 93.5 cm³/mol. The molecular weight excluding hydrogens is 322 g/mol. The number of benzene rings is 1. The second-order valence-corrected chi connectivity index (χ2v) is 6.14. The summed E-state index contributed by atoms with van der Waals surface area (Å²) in [4.78, 5) is 11.5. The predicted octanol–water partition coefficient (Wildman–Crippen LogP) is 3.41. The van der Waals surface area contributed by atoms with E-state index in [2.05, 4.69) is 0 Å². The first kappa shape index (κ1) is 17.1. The third kappa shape index (κ3) is 3.14. The molecule has 1 aromatic rings. The van der Waals surface area contributed by atoms with Crippen LogP contribution >= 0.6 is 0 Å². The normalized spacial score (nSPS) is 11.4. The SMILES string of the molecule is Cc1ccc(-c2c3coccc-3c(CC(CO)CO)c2[N+](=O)[O-])cc1. The number of hydrogen-bond acceptors (Lipinski definition) is 5. The Balaban J connectivity index is 2.27. The summed E-state index contributed by atoms with van der Waals surface area (Å²) in [6.07, 6.45) is 3.20. The van der Waals surface area contributed by atoms with E-state index in [1.54, 1.807) is 6.07 Å². The lowest BCUT2D eigenvalue weighted by Gasteiger charge is -2.10. The number of hydrogen-bond donors (Lipinski definition) is 2. The third-order valence-electron chi connectivity index (χ3n) is 4.44. The molecule has 0 bridgehead atoms. The number of nitrogens with zero attached hydrogens (tertiary/aromatic N) is 1. The van der Waals surface area contributed by atoms with Gasteiger partial charge in [0.1, 0.15) is 0 Å². The molecule has 130 valence electrons. The van der Waals surface area contributed by atoms with Crippen molar-refractivity contribution in [1.29, 1.82) is 0 Å². The van der Waals surface area contributed by atoms with Crippen molar-refractivity contribution in [3.05, 3.63) is 64.1 Å². The lowest BCUT2D eigenvalue weighted by molar-refractivity contribution is -0.384. The summed E-state index contributed by atoms with van der Waals surface area (Å²) in [6.45, 7) is 1.48. The fourth-order valence-electron chi connectivity index (χ4n) is 3.13. The summed E-state index contributed by atoms with van der Waals surface area (Å²) in [6, 6.07) is 9.21. The van der Waals surface area contributed by atoms with Crippen LogP contribution in [0.5, 0.6) is 0 Å². The molecule has 3 rings (SSSR count). The van der Waals surface area contributed by atoms with Crippen LogP contribution in [0.15, 0.2) is 47.3 Å². The van der Waals surface area contributed by atoms with Gasteiger partial charge in [-0.1, -0.05) is 29.8 Å². The Morgan fingerprint density at radius 2 is 1.80 bits per heavy atom.